The predicted molar refractivity (Wildman–Crippen MR) is 55.6 cm³/mol. The first-order valence-electron chi connectivity index (χ1n) is 5.79. The molecule has 2 saturated carbocycles. The van der Waals surface area contributed by atoms with Crippen LogP contribution in [0.3, 0.4) is 0 Å². The van der Waals surface area contributed by atoms with Gasteiger partial charge in [0.2, 0.25) is 5.91 Å². The third kappa shape index (κ3) is 2.04. The molecule has 5 heteroatoms. The second-order valence-electron chi connectivity index (χ2n) is 4.70. The predicted octanol–water partition coefficient (Wildman–Crippen LogP) is -0.0157. The molecule has 90 valence electrons. The number of carbonyl (C=O) groups is 2. The number of aliphatic carboxylic acids is 1. The van der Waals surface area contributed by atoms with Crippen molar-refractivity contribution in [3.8, 4) is 0 Å². The smallest absolute Gasteiger partial charge is 0.326 e. The first kappa shape index (κ1) is 11.4. The van der Waals surface area contributed by atoms with Crippen molar-refractivity contribution in [3.05, 3.63) is 0 Å². The number of carbonyl (C=O) groups excluding carboxylic acids is 1. The zero-order valence-electron chi connectivity index (χ0n) is 9.06. The lowest BCUT2D eigenvalue weighted by atomic mass is 10.1. The summed E-state index contributed by atoms with van der Waals surface area (Å²) in [7, 11) is 0. The van der Waals surface area contributed by atoms with E-state index in [-0.39, 0.29) is 24.9 Å². The Morgan fingerprint density at radius 2 is 1.94 bits per heavy atom. The van der Waals surface area contributed by atoms with Gasteiger partial charge in [-0.05, 0) is 24.7 Å². The van der Waals surface area contributed by atoms with Gasteiger partial charge in [-0.25, -0.2) is 4.79 Å². The number of fused-ring (bicyclic) bond motifs is 1. The molecule has 0 aromatic heterocycles. The Kier molecular flexibility index (Phi) is 3.14. The number of amides is 1. The van der Waals surface area contributed by atoms with Crippen molar-refractivity contribution in [2.75, 3.05) is 6.61 Å². The Balaban J connectivity index is 1.84. The highest BCUT2D eigenvalue weighted by Crippen LogP contribution is 2.57. The second-order valence-corrected chi connectivity index (χ2v) is 4.70. The molecule has 16 heavy (non-hydrogen) atoms. The molecule has 1 amide bonds. The normalized spacial score (nSPS) is 32.9. The maximum absolute atomic E-state index is 11.8. The van der Waals surface area contributed by atoms with E-state index in [1.807, 2.05) is 0 Å². The molecule has 0 spiro atoms. The fourth-order valence-corrected chi connectivity index (χ4v) is 2.86. The molecular weight excluding hydrogens is 210 g/mol. The summed E-state index contributed by atoms with van der Waals surface area (Å²) >= 11 is 0. The van der Waals surface area contributed by atoms with E-state index in [1.165, 1.54) is 6.42 Å². The summed E-state index contributed by atoms with van der Waals surface area (Å²) in [5.74, 6) is -0.204. The van der Waals surface area contributed by atoms with Gasteiger partial charge in [-0.15, -0.1) is 0 Å². The Labute approximate surface area is 93.8 Å². The van der Waals surface area contributed by atoms with Crippen molar-refractivity contribution < 1.29 is 19.8 Å². The van der Waals surface area contributed by atoms with Gasteiger partial charge < -0.3 is 15.5 Å². The van der Waals surface area contributed by atoms with Crippen LogP contribution in [0.2, 0.25) is 0 Å². The van der Waals surface area contributed by atoms with Gasteiger partial charge in [0, 0.05) is 18.9 Å². The van der Waals surface area contributed by atoms with Crippen LogP contribution in [0.15, 0.2) is 0 Å². The number of carboxylic acids is 1. The fourth-order valence-electron chi connectivity index (χ4n) is 2.86. The summed E-state index contributed by atoms with van der Waals surface area (Å²) in [5.41, 5.74) is 0. The molecule has 0 heterocycles. The summed E-state index contributed by atoms with van der Waals surface area (Å²) in [4.78, 5) is 22.5. The molecule has 0 bridgehead atoms. The summed E-state index contributed by atoms with van der Waals surface area (Å²) in [6.45, 7) is -0.227. The van der Waals surface area contributed by atoms with Crippen LogP contribution in [0.25, 0.3) is 0 Å². The van der Waals surface area contributed by atoms with Gasteiger partial charge in [-0.1, -0.05) is 6.42 Å². The van der Waals surface area contributed by atoms with E-state index >= 15 is 0 Å². The van der Waals surface area contributed by atoms with E-state index in [1.54, 1.807) is 0 Å². The molecule has 2 aliphatic rings. The van der Waals surface area contributed by atoms with Crippen molar-refractivity contribution in [2.45, 2.75) is 31.7 Å². The largest absolute Gasteiger partial charge is 0.480 e. The fraction of sp³-hybridized carbons (Fsp3) is 0.818. The molecule has 2 fully saturated rings. The zero-order valence-corrected chi connectivity index (χ0v) is 9.06. The van der Waals surface area contributed by atoms with Gasteiger partial charge in [-0.2, -0.15) is 0 Å². The van der Waals surface area contributed by atoms with E-state index in [9.17, 15) is 9.59 Å². The number of rotatable bonds is 5. The van der Waals surface area contributed by atoms with Crippen LogP contribution in [0.1, 0.15) is 25.7 Å². The molecule has 0 saturated heterocycles. The molecule has 3 unspecified atom stereocenters. The minimum absolute atomic E-state index is 0.0364. The highest BCUT2D eigenvalue weighted by molar-refractivity contribution is 5.87. The van der Waals surface area contributed by atoms with Crippen LogP contribution in [0.4, 0.5) is 0 Å². The van der Waals surface area contributed by atoms with Gasteiger partial charge in [0.25, 0.3) is 0 Å². The van der Waals surface area contributed by atoms with E-state index in [4.69, 9.17) is 10.2 Å². The van der Waals surface area contributed by atoms with Crippen LogP contribution in [0.5, 0.6) is 0 Å². The summed E-state index contributed by atoms with van der Waals surface area (Å²) in [5, 5.41) is 20.0. The van der Waals surface area contributed by atoms with Gasteiger partial charge in [0.05, 0.1) is 0 Å². The number of hydrogen-bond donors (Lipinski definition) is 3. The SMILES string of the molecule is O=C(O)C(CCO)NC(=O)C1C2CCCC21. The molecule has 2 aliphatic carbocycles. The van der Waals surface area contributed by atoms with E-state index < -0.39 is 12.0 Å². The minimum Gasteiger partial charge on any atom is -0.480 e. The van der Waals surface area contributed by atoms with Gasteiger partial charge in [0.1, 0.15) is 6.04 Å². The van der Waals surface area contributed by atoms with Gasteiger partial charge in [-0.3, -0.25) is 4.79 Å². The Bertz CT molecular complexity index is 294. The molecule has 0 aliphatic heterocycles. The summed E-state index contributed by atoms with van der Waals surface area (Å²) in [6, 6.07) is -0.946. The lowest BCUT2D eigenvalue weighted by Gasteiger charge is -2.13. The standard InChI is InChI=1S/C11H17NO4/c13-5-4-8(11(15)16)12-10(14)9-6-2-1-3-7(6)9/h6-9,13H,1-5H2,(H,12,14)(H,15,16). The number of aliphatic hydroxyl groups is 1. The lowest BCUT2D eigenvalue weighted by molar-refractivity contribution is -0.142. The average molecular weight is 227 g/mol. The maximum atomic E-state index is 11.8. The monoisotopic (exact) mass is 227 g/mol. The van der Waals surface area contributed by atoms with Crippen LogP contribution in [-0.2, 0) is 9.59 Å². The van der Waals surface area contributed by atoms with Crippen molar-refractivity contribution in [1.29, 1.82) is 0 Å². The number of aliphatic hydroxyl groups excluding tert-OH is 1. The minimum atomic E-state index is -1.08. The van der Waals surface area contributed by atoms with Gasteiger partial charge >= 0.3 is 5.97 Å². The summed E-state index contributed by atoms with van der Waals surface area (Å²) in [6.07, 6.45) is 3.46. The van der Waals surface area contributed by atoms with E-state index in [0.717, 1.165) is 12.8 Å². The third-order valence-electron chi connectivity index (χ3n) is 3.74. The molecule has 3 atom stereocenters. The zero-order chi connectivity index (χ0) is 11.7. The molecule has 5 nitrogen and oxygen atoms in total. The van der Waals surface area contributed by atoms with Crippen molar-refractivity contribution >= 4 is 11.9 Å². The first-order chi connectivity index (χ1) is 7.65. The van der Waals surface area contributed by atoms with E-state index in [2.05, 4.69) is 5.32 Å². The Morgan fingerprint density at radius 3 is 2.44 bits per heavy atom. The number of carboxylic acid groups (broad SMARTS) is 1. The summed E-state index contributed by atoms with van der Waals surface area (Å²) < 4.78 is 0. The Hall–Kier alpha value is -1.10. The first-order valence-corrected chi connectivity index (χ1v) is 5.79. The Morgan fingerprint density at radius 1 is 1.31 bits per heavy atom. The van der Waals surface area contributed by atoms with Crippen molar-refractivity contribution in [2.24, 2.45) is 17.8 Å². The topological polar surface area (TPSA) is 86.6 Å². The van der Waals surface area contributed by atoms with Crippen LogP contribution < -0.4 is 5.32 Å². The molecule has 0 aromatic rings. The third-order valence-corrected chi connectivity index (χ3v) is 3.74. The molecular formula is C11H17NO4. The average Bonchev–Trinajstić information content (AvgIpc) is 2.72. The highest BCUT2D eigenvalue weighted by Gasteiger charge is 2.56. The molecule has 0 aromatic carbocycles. The van der Waals surface area contributed by atoms with Crippen LogP contribution in [-0.4, -0.2) is 34.7 Å². The quantitative estimate of drug-likeness (QED) is 0.616. The molecule has 0 radical (unpaired) electrons. The lowest BCUT2D eigenvalue weighted by Crippen LogP contribution is -2.42. The molecule has 3 N–H and O–H groups in total. The maximum Gasteiger partial charge on any atom is 0.326 e. The number of nitrogens with one attached hydrogen (secondary N) is 1. The second kappa shape index (κ2) is 4.41. The van der Waals surface area contributed by atoms with Crippen LogP contribution >= 0.6 is 0 Å². The highest BCUT2D eigenvalue weighted by atomic mass is 16.4. The van der Waals surface area contributed by atoms with Crippen molar-refractivity contribution in [3.63, 3.8) is 0 Å². The van der Waals surface area contributed by atoms with Crippen LogP contribution in [0, 0.1) is 17.8 Å². The molecule has 2 rings (SSSR count). The van der Waals surface area contributed by atoms with Gasteiger partial charge in [0.15, 0.2) is 0 Å². The number of hydrogen-bond acceptors (Lipinski definition) is 3. The van der Waals surface area contributed by atoms with E-state index in [0.29, 0.717) is 11.8 Å². The van der Waals surface area contributed by atoms with Crippen molar-refractivity contribution in [1.82, 2.24) is 5.32 Å².